The fraction of sp³-hybridized carbons (Fsp3) is 0.267. The third kappa shape index (κ3) is 3.47. The highest BCUT2D eigenvalue weighted by atomic mass is 16.5. The molecule has 1 aliphatic heterocycles. The Hall–Kier alpha value is -2.63. The van der Waals surface area contributed by atoms with Gasteiger partial charge in [0.25, 0.3) is 0 Å². The van der Waals surface area contributed by atoms with Crippen LogP contribution in [0.2, 0.25) is 0 Å². The van der Waals surface area contributed by atoms with Crippen LogP contribution in [0.4, 0.5) is 0 Å². The Morgan fingerprint density at radius 2 is 2.33 bits per heavy atom. The molecule has 0 radical (unpaired) electrons. The van der Waals surface area contributed by atoms with Crippen LogP contribution < -0.4 is 0 Å². The molecule has 6 heteroatoms. The molecule has 21 heavy (non-hydrogen) atoms. The number of aliphatic imine (C=N–C) groups is 1. The lowest BCUT2D eigenvalue weighted by Gasteiger charge is -2.05. The number of nitrogens with zero attached hydrogens (tertiary/aromatic N) is 1. The van der Waals surface area contributed by atoms with Gasteiger partial charge in [-0.1, -0.05) is 18.7 Å². The van der Waals surface area contributed by atoms with Crippen LogP contribution in [0, 0.1) is 0 Å². The van der Waals surface area contributed by atoms with Gasteiger partial charge in [0, 0.05) is 5.56 Å². The second kappa shape index (κ2) is 6.69. The van der Waals surface area contributed by atoms with Crippen molar-refractivity contribution in [2.75, 3.05) is 20.3 Å². The molecule has 0 saturated heterocycles. The molecule has 1 heterocycles. The summed E-state index contributed by atoms with van der Waals surface area (Å²) < 4.78 is 14.9. The van der Waals surface area contributed by atoms with Crippen molar-refractivity contribution < 1.29 is 23.8 Å². The molecule has 1 atom stereocenters. The topological polar surface area (TPSA) is 74.2 Å². The molecule has 0 bridgehead atoms. The first kappa shape index (κ1) is 14.8. The second-order valence-electron chi connectivity index (χ2n) is 4.25. The quantitative estimate of drug-likeness (QED) is 0.604. The second-order valence-corrected chi connectivity index (χ2v) is 4.25. The SMILES string of the molecule is C=CCOC(=O)c1cccc(C2=NC(C(=O)OC)CO2)c1. The molecule has 0 fully saturated rings. The van der Waals surface area contributed by atoms with Gasteiger partial charge in [-0.3, -0.25) is 0 Å². The third-order valence-corrected chi connectivity index (χ3v) is 2.80. The van der Waals surface area contributed by atoms with E-state index in [1.54, 1.807) is 24.3 Å². The highest BCUT2D eigenvalue weighted by molar-refractivity contribution is 6.00. The highest BCUT2D eigenvalue weighted by Gasteiger charge is 2.27. The van der Waals surface area contributed by atoms with Crippen LogP contribution in [0.3, 0.4) is 0 Å². The minimum absolute atomic E-state index is 0.132. The molecule has 2 rings (SSSR count). The van der Waals surface area contributed by atoms with Crippen molar-refractivity contribution in [2.45, 2.75) is 6.04 Å². The Kier molecular flexibility index (Phi) is 4.71. The number of esters is 2. The zero-order valence-corrected chi connectivity index (χ0v) is 11.6. The summed E-state index contributed by atoms with van der Waals surface area (Å²) in [6.45, 7) is 3.76. The molecule has 110 valence electrons. The average molecular weight is 289 g/mol. The van der Waals surface area contributed by atoms with Crippen LogP contribution in [-0.2, 0) is 19.0 Å². The van der Waals surface area contributed by atoms with Crippen molar-refractivity contribution in [1.82, 2.24) is 0 Å². The molecule has 1 aromatic rings. The first-order valence-corrected chi connectivity index (χ1v) is 6.32. The maximum Gasteiger partial charge on any atom is 0.338 e. The summed E-state index contributed by atoms with van der Waals surface area (Å²) in [7, 11) is 1.30. The first-order valence-electron chi connectivity index (χ1n) is 6.32. The zero-order valence-electron chi connectivity index (χ0n) is 11.6. The molecule has 0 saturated carbocycles. The molecular weight excluding hydrogens is 274 g/mol. The van der Waals surface area contributed by atoms with Gasteiger partial charge in [-0.15, -0.1) is 0 Å². The molecule has 1 aromatic carbocycles. The monoisotopic (exact) mass is 289 g/mol. The summed E-state index contributed by atoms with van der Waals surface area (Å²) in [6.07, 6.45) is 1.49. The molecule has 1 aliphatic rings. The molecule has 6 nitrogen and oxygen atoms in total. The molecule has 0 aromatic heterocycles. The fourth-order valence-corrected chi connectivity index (χ4v) is 1.79. The summed E-state index contributed by atoms with van der Waals surface area (Å²) in [5.41, 5.74) is 0.983. The summed E-state index contributed by atoms with van der Waals surface area (Å²) in [4.78, 5) is 27.3. The fourth-order valence-electron chi connectivity index (χ4n) is 1.79. The van der Waals surface area contributed by atoms with Gasteiger partial charge >= 0.3 is 11.9 Å². The van der Waals surface area contributed by atoms with E-state index in [9.17, 15) is 9.59 Å². The van der Waals surface area contributed by atoms with E-state index in [2.05, 4.69) is 16.3 Å². The Morgan fingerprint density at radius 1 is 1.52 bits per heavy atom. The van der Waals surface area contributed by atoms with E-state index in [-0.39, 0.29) is 13.2 Å². The number of hydrogen-bond acceptors (Lipinski definition) is 6. The van der Waals surface area contributed by atoms with E-state index in [0.29, 0.717) is 17.0 Å². The lowest BCUT2D eigenvalue weighted by molar-refractivity contribution is -0.142. The van der Waals surface area contributed by atoms with Crippen LogP contribution >= 0.6 is 0 Å². The molecule has 0 spiro atoms. The van der Waals surface area contributed by atoms with Crippen LogP contribution in [0.1, 0.15) is 15.9 Å². The minimum Gasteiger partial charge on any atom is -0.475 e. The first-order chi connectivity index (χ1) is 10.2. The van der Waals surface area contributed by atoms with Gasteiger partial charge in [0.05, 0.1) is 12.7 Å². The number of benzene rings is 1. The summed E-state index contributed by atoms with van der Waals surface area (Å²) >= 11 is 0. The minimum atomic E-state index is -0.665. The predicted molar refractivity (Wildman–Crippen MR) is 75.2 cm³/mol. The maximum absolute atomic E-state index is 11.8. The number of methoxy groups -OCH3 is 1. The number of ether oxygens (including phenoxy) is 3. The summed E-state index contributed by atoms with van der Waals surface area (Å²) in [6, 6.07) is 5.99. The highest BCUT2D eigenvalue weighted by Crippen LogP contribution is 2.15. The lowest BCUT2D eigenvalue weighted by atomic mass is 10.1. The van der Waals surface area contributed by atoms with Crippen LogP contribution in [0.5, 0.6) is 0 Å². The lowest BCUT2D eigenvalue weighted by Crippen LogP contribution is -2.21. The normalized spacial score (nSPS) is 16.6. The van der Waals surface area contributed by atoms with Crippen molar-refractivity contribution in [1.29, 1.82) is 0 Å². The van der Waals surface area contributed by atoms with Crippen molar-refractivity contribution >= 4 is 17.8 Å². The van der Waals surface area contributed by atoms with Crippen molar-refractivity contribution in [3.63, 3.8) is 0 Å². The van der Waals surface area contributed by atoms with Gasteiger partial charge in [-0.2, -0.15) is 0 Å². The van der Waals surface area contributed by atoms with Gasteiger partial charge in [0.15, 0.2) is 6.04 Å². The van der Waals surface area contributed by atoms with Gasteiger partial charge in [-0.25, -0.2) is 14.6 Å². The Morgan fingerprint density at radius 3 is 3.05 bits per heavy atom. The molecule has 0 amide bonds. The van der Waals surface area contributed by atoms with E-state index in [1.807, 2.05) is 0 Å². The van der Waals surface area contributed by atoms with E-state index in [1.165, 1.54) is 13.2 Å². The summed E-state index contributed by atoms with van der Waals surface area (Å²) in [5.74, 6) is -0.602. The van der Waals surface area contributed by atoms with Gasteiger partial charge in [0.2, 0.25) is 5.90 Å². The number of carbonyl (C=O) groups is 2. The predicted octanol–water partition coefficient (Wildman–Crippen LogP) is 1.35. The van der Waals surface area contributed by atoms with Gasteiger partial charge < -0.3 is 14.2 Å². The van der Waals surface area contributed by atoms with Crippen molar-refractivity contribution in [2.24, 2.45) is 4.99 Å². The molecule has 0 aliphatic carbocycles. The number of carbonyl (C=O) groups excluding carboxylic acids is 2. The van der Waals surface area contributed by atoms with E-state index in [4.69, 9.17) is 9.47 Å². The van der Waals surface area contributed by atoms with E-state index >= 15 is 0 Å². The van der Waals surface area contributed by atoms with Crippen LogP contribution in [0.15, 0.2) is 41.9 Å². The zero-order chi connectivity index (χ0) is 15.2. The average Bonchev–Trinajstić information content (AvgIpc) is 3.02. The van der Waals surface area contributed by atoms with Crippen LogP contribution in [0.25, 0.3) is 0 Å². The van der Waals surface area contributed by atoms with E-state index in [0.717, 1.165) is 0 Å². The van der Waals surface area contributed by atoms with Crippen molar-refractivity contribution in [3.05, 3.63) is 48.0 Å². The van der Waals surface area contributed by atoms with Gasteiger partial charge in [0.1, 0.15) is 13.2 Å². The summed E-state index contributed by atoms with van der Waals surface area (Å²) in [5, 5.41) is 0. The Labute approximate surface area is 122 Å². The Bertz CT molecular complexity index is 593. The van der Waals surface area contributed by atoms with Crippen LogP contribution in [-0.4, -0.2) is 44.2 Å². The molecule has 1 unspecified atom stereocenters. The largest absolute Gasteiger partial charge is 0.475 e. The maximum atomic E-state index is 11.8. The van der Waals surface area contributed by atoms with Crippen molar-refractivity contribution in [3.8, 4) is 0 Å². The Balaban J connectivity index is 2.16. The number of hydrogen-bond donors (Lipinski definition) is 0. The standard InChI is InChI=1S/C15H15NO5/c1-3-7-20-14(17)11-6-4-5-10(8-11)13-16-12(9-21-13)15(18)19-2/h3-6,8,12H,1,7,9H2,2H3. The molecule has 0 N–H and O–H groups in total. The smallest absolute Gasteiger partial charge is 0.338 e. The van der Waals surface area contributed by atoms with E-state index < -0.39 is 18.0 Å². The van der Waals surface area contributed by atoms with Gasteiger partial charge in [-0.05, 0) is 18.2 Å². The molecular formula is C15H15NO5. The third-order valence-electron chi connectivity index (χ3n) is 2.80. The number of rotatable bonds is 5.